The number of ether oxygens (including phenoxy) is 5. The molecular weight excluding hydrogens is 492 g/mol. The lowest BCUT2D eigenvalue weighted by Gasteiger charge is -2.41. The normalized spacial score (nSPS) is 21.9. The summed E-state index contributed by atoms with van der Waals surface area (Å²) in [5.41, 5.74) is 3.39. The lowest BCUT2D eigenvalue weighted by molar-refractivity contribution is -0.292. The summed E-state index contributed by atoms with van der Waals surface area (Å²) in [6.07, 6.45) is -0.516. The van der Waals surface area contributed by atoms with Crippen LogP contribution in [-0.4, -0.2) is 45.9 Å². The van der Waals surface area contributed by atoms with Crippen LogP contribution in [0.15, 0.2) is 91.0 Å². The quantitative estimate of drug-likeness (QED) is 0.212. The first-order valence-electron chi connectivity index (χ1n) is 13.7. The number of hydrogen-bond donors (Lipinski definition) is 0. The van der Waals surface area contributed by atoms with Crippen LogP contribution in [0.5, 0.6) is 0 Å². The summed E-state index contributed by atoms with van der Waals surface area (Å²) in [5.74, 6) is 0. The van der Waals surface area contributed by atoms with Crippen molar-refractivity contribution in [2.45, 2.75) is 76.5 Å². The second kappa shape index (κ2) is 14.7. The van der Waals surface area contributed by atoms with Gasteiger partial charge in [-0.2, -0.15) is 0 Å². The molecule has 0 aromatic heterocycles. The molecule has 6 heteroatoms. The molecule has 0 N–H and O–H groups in total. The van der Waals surface area contributed by atoms with Gasteiger partial charge in [0.05, 0.1) is 38.6 Å². The molecule has 5 nitrogen and oxygen atoms in total. The highest BCUT2D eigenvalue weighted by Gasteiger charge is 2.41. The summed E-state index contributed by atoms with van der Waals surface area (Å²) in [4.78, 5) is 0. The van der Waals surface area contributed by atoms with E-state index in [1.165, 1.54) is 0 Å². The smallest absolute Gasteiger partial charge is 0.186 e. The lowest BCUT2D eigenvalue weighted by Crippen LogP contribution is -2.53. The van der Waals surface area contributed by atoms with Gasteiger partial charge in [0.15, 0.2) is 6.29 Å². The predicted octanol–water partition coefficient (Wildman–Crippen LogP) is 6.84. The Balaban J connectivity index is 1.46. The van der Waals surface area contributed by atoms with E-state index >= 15 is 0 Å². The molecule has 1 saturated heterocycles. The molecule has 1 aliphatic rings. The minimum atomic E-state index is -1.26. The lowest BCUT2D eigenvalue weighted by atomic mass is 10.0. The van der Waals surface area contributed by atoms with Crippen molar-refractivity contribution in [2.24, 2.45) is 0 Å². The fraction of sp³-hybridized carbons (Fsp3) is 0.438. The van der Waals surface area contributed by atoms with Gasteiger partial charge < -0.3 is 23.7 Å². The average Bonchev–Trinajstić information content (AvgIpc) is 2.92. The summed E-state index contributed by atoms with van der Waals surface area (Å²) in [6.45, 7) is 9.72. The molecule has 1 aliphatic heterocycles. The highest BCUT2D eigenvalue weighted by atomic mass is 28.3. The third kappa shape index (κ3) is 9.77. The van der Waals surface area contributed by atoms with Crippen molar-refractivity contribution < 1.29 is 23.7 Å². The van der Waals surface area contributed by atoms with Crippen LogP contribution in [0, 0.1) is 0 Å². The van der Waals surface area contributed by atoms with Gasteiger partial charge >= 0.3 is 0 Å². The van der Waals surface area contributed by atoms with E-state index in [1.807, 2.05) is 54.6 Å². The molecule has 3 aromatic rings. The first kappa shape index (κ1) is 28.7. The maximum absolute atomic E-state index is 6.51. The molecule has 0 radical (unpaired) electrons. The molecule has 4 rings (SSSR count). The van der Waals surface area contributed by atoms with Crippen LogP contribution in [0.4, 0.5) is 0 Å². The van der Waals surface area contributed by atoms with Crippen molar-refractivity contribution in [3.05, 3.63) is 108 Å². The zero-order valence-corrected chi connectivity index (χ0v) is 24.0. The van der Waals surface area contributed by atoms with E-state index in [9.17, 15) is 0 Å². The maximum Gasteiger partial charge on any atom is 0.186 e. The molecule has 0 amide bonds. The monoisotopic (exact) mass is 534 g/mol. The Kier molecular flexibility index (Phi) is 11.1. The van der Waals surface area contributed by atoms with Crippen LogP contribution in [0.3, 0.4) is 0 Å². The summed E-state index contributed by atoms with van der Waals surface area (Å²) in [5, 5.41) is 0. The van der Waals surface area contributed by atoms with E-state index in [2.05, 4.69) is 56.0 Å². The minimum absolute atomic E-state index is 0.145. The fourth-order valence-electron chi connectivity index (χ4n) is 4.39. The van der Waals surface area contributed by atoms with E-state index in [1.54, 1.807) is 0 Å². The molecule has 3 aromatic carbocycles. The Morgan fingerprint density at radius 2 is 1.21 bits per heavy atom. The van der Waals surface area contributed by atoms with Gasteiger partial charge in [-0.05, 0) is 22.7 Å². The van der Waals surface area contributed by atoms with Crippen LogP contribution in [0.2, 0.25) is 25.7 Å². The third-order valence-corrected chi connectivity index (χ3v) is 8.30. The molecule has 0 aliphatic carbocycles. The number of rotatable bonds is 14. The number of hydrogen-bond acceptors (Lipinski definition) is 5. The van der Waals surface area contributed by atoms with Crippen LogP contribution >= 0.6 is 0 Å². The van der Waals surface area contributed by atoms with Crippen molar-refractivity contribution in [1.29, 1.82) is 0 Å². The Morgan fingerprint density at radius 3 is 1.76 bits per heavy atom. The largest absolute Gasteiger partial charge is 0.374 e. The van der Waals surface area contributed by atoms with Crippen molar-refractivity contribution in [3.8, 4) is 0 Å². The molecule has 204 valence electrons. The third-order valence-electron chi connectivity index (χ3n) is 6.60. The zero-order chi connectivity index (χ0) is 26.6. The Bertz CT molecular complexity index is 1040. The molecule has 38 heavy (non-hydrogen) atoms. The second-order valence-corrected chi connectivity index (χ2v) is 16.8. The van der Waals surface area contributed by atoms with Gasteiger partial charge in [0.25, 0.3) is 0 Å². The maximum atomic E-state index is 6.51. The standard InChI is InChI=1S/C32H42O5Si/c1-38(2,3)20-19-34-32-31(36-24-28-17-11-6-12-18-28)30(35-23-27-15-9-5-10-16-27)21-29(37-32)25-33-22-26-13-7-4-8-14-26/h4-18,29-32H,19-25H2,1-3H3/t29-,30-,31+,32+/m0/s1. The molecule has 1 fully saturated rings. The SMILES string of the molecule is C[Si](C)(C)CCO[C@@H]1O[C@H](COCc2ccccc2)C[C@H](OCc2ccccc2)[C@H]1OCc1ccccc1. The molecule has 0 spiro atoms. The molecule has 1 heterocycles. The second-order valence-electron chi connectivity index (χ2n) is 11.1. The van der Waals surface area contributed by atoms with Gasteiger partial charge in [0.1, 0.15) is 6.10 Å². The first-order valence-corrected chi connectivity index (χ1v) is 17.4. The Morgan fingerprint density at radius 1 is 0.684 bits per heavy atom. The van der Waals surface area contributed by atoms with E-state index in [4.69, 9.17) is 23.7 Å². The molecule has 0 unspecified atom stereocenters. The van der Waals surface area contributed by atoms with Gasteiger partial charge in [0, 0.05) is 21.1 Å². The van der Waals surface area contributed by atoms with Crippen molar-refractivity contribution in [1.82, 2.24) is 0 Å². The van der Waals surface area contributed by atoms with Gasteiger partial charge in [-0.25, -0.2) is 0 Å². The predicted molar refractivity (Wildman–Crippen MR) is 154 cm³/mol. The van der Waals surface area contributed by atoms with Gasteiger partial charge in [-0.15, -0.1) is 0 Å². The minimum Gasteiger partial charge on any atom is -0.374 e. The topological polar surface area (TPSA) is 46.2 Å². The number of benzene rings is 3. The van der Waals surface area contributed by atoms with Crippen molar-refractivity contribution in [2.75, 3.05) is 13.2 Å². The van der Waals surface area contributed by atoms with Crippen LogP contribution < -0.4 is 0 Å². The van der Waals surface area contributed by atoms with Gasteiger partial charge in [-0.1, -0.05) is 111 Å². The molecule has 4 atom stereocenters. The average molecular weight is 535 g/mol. The Hall–Kier alpha value is -2.32. The Labute approximate surface area is 229 Å². The van der Waals surface area contributed by atoms with Crippen molar-refractivity contribution >= 4 is 8.07 Å². The van der Waals surface area contributed by atoms with Crippen LogP contribution in [-0.2, 0) is 43.5 Å². The van der Waals surface area contributed by atoms with Gasteiger partial charge in [-0.3, -0.25) is 0 Å². The van der Waals surface area contributed by atoms with Crippen molar-refractivity contribution in [3.63, 3.8) is 0 Å². The zero-order valence-electron chi connectivity index (χ0n) is 23.0. The van der Waals surface area contributed by atoms with E-state index < -0.39 is 14.4 Å². The summed E-state index contributed by atoms with van der Waals surface area (Å²) in [6, 6.07) is 31.8. The summed E-state index contributed by atoms with van der Waals surface area (Å²) >= 11 is 0. The first-order chi connectivity index (χ1) is 18.5. The molecule has 0 saturated carbocycles. The summed E-state index contributed by atoms with van der Waals surface area (Å²) in [7, 11) is -1.26. The van der Waals surface area contributed by atoms with E-state index in [0.717, 1.165) is 22.7 Å². The van der Waals surface area contributed by atoms with E-state index in [0.29, 0.717) is 39.5 Å². The van der Waals surface area contributed by atoms with Gasteiger partial charge in [0.2, 0.25) is 0 Å². The molecular formula is C32H42O5Si. The fourth-order valence-corrected chi connectivity index (χ4v) is 5.12. The highest BCUT2D eigenvalue weighted by molar-refractivity contribution is 6.76. The molecule has 0 bridgehead atoms. The van der Waals surface area contributed by atoms with E-state index in [-0.39, 0.29) is 18.3 Å². The van der Waals surface area contributed by atoms with Crippen LogP contribution in [0.1, 0.15) is 23.1 Å². The summed E-state index contributed by atoms with van der Waals surface area (Å²) < 4.78 is 31.9. The highest BCUT2D eigenvalue weighted by Crippen LogP contribution is 2.29. The van der Waals surface area contributed by atoms with Crippen LogP contribution in [0.25, 0.3) is 0 Å².